The smallest absolute Gasteiger partial charge is 0.312 e. The maximum atomic E-state index is 12.7. The van der Waals surface area contributed by atoms with E-state index >= 15 is 0 Å². The third kappa shape index (κ3) is 18.6. The Morgan fingerprint density at radius 1 is 0.725 bits per heavy atom. The van der Waals surface area contributed by atoms with Crippen LogP contribution < -0.4 is 15.4 Å². The van der Waals surface area contributed by atoms with Crippen LogP contribution >= 0.6 is 11.3 Å². The van der Waals surface area contributed by atoms with Crippen molar-refractivity contribution in [3.63, 3.8) is 0 Å². The second-order valence-corrected chi connectivity index (χ2v) is 15.6. The number of carbonyl (C=O) groups excluding carboxylic acids is 3. The quantitative estimate of drug-likeness (QED) is 0.0496. The zero-order valence-corrected chi connectivity index (χ0v) is 32.9. The summed E-state index contributed by atoms with van der Waals surface area (Å²) in [6.45, 7) is 7.65. The Morgan fingerprint density at radius 3 is 1.90 bits per heavy atom. The summed E-state index contributed by atoms with van der Waals surface area (Å²) >= 11 is 1.84. The van der Waals surface area contributed by atoms with Crippen molar-refractivity contribution < 1.29 is 19.1 Å². The summed E-state index contributed by atoms with van der Waals surface area (Å²) < 4.78 is 5.83. The van der Waals surface area contributed by atoms with E-state index in [4.69, 9.17) is 4.74 Å². The van der Waals surface area contributed by atoms with Crippen molar-refractivity contribution in [1.82, 2.24) is 15.5 Å². The first kappa shape index (κ1) is 42.7. The molecule has 0 fully saturated rings. The Bertz CT molecular complexity index is 1230. The molecule has 1 aliphatic carbocycles. The fourth-order valence-corrected chi connectivity index (χ4v) is 7.94. The van der Waals surface area contributed by atoms with Crippen molar-refractivity contribution in [2.45, 2.75) is 168 Å². The summed E-state index contributed by atoms with van der Waals surface area (Å²) in [5.74, 6) is 0.642. The molecule has 2 amide bonds. The minimum Gasteiger partial charge on any atom is -0.426 e. The monoisotopic (exact) mass is 724 g/mol. The molecule has 0 bridgehead atoms. The van der Waals surface area contributed by atoms with Gasteiger partial charge >= 0.3 is 5.97 Å². The number of fused-ring (bicyclic) bond motifs is 1. The van der Waals surface area contributed by atoms with Crippen molar-refractivity contribution in [2.24, 2.45) is 0 Å². The molecular weight excluding hydrogens is 655 g/mol. The number of hydrogen-bond donors (Lipinski definition) is 2. The number of hydrogen-bond acceptors (Lipinski definition) is 6. The number of thiophene rings is 1. The van der Waals surface area contributed by atoms with E-state index in [0.717, 1.165) is 77.4 Å². The third-order valence-corrected chi connectivity index (χ3v) is 11.1. The number of esters is 1. The Kier molecular flexibility index (Phi) is 22.6. The van der Waals surface area contributed by atoms with Gasteiger partial charge in [-0.25, -0.2) is 0 Å². The van der Waals surface area contributed by atoms with Crippen LogP contribution in [0.2, 0.25) is 0 Å². The van der Waals surface area contributed by atoms with E-state index < -0.39 is 0 Å². The van der Waals surface area contributed by atoms with E-state index in [0.29, 0.717) is 31.2 Å². The van der Waals surface area contributed by atoms with E-state index in [1.807, 2.05) is 23.5 Å². The molecule has 7 nitrogen and oxygen atoms in total. The van der Waals surface area contributed by atoms with Gasteiger partial charge in [0, 0.05) is 43.4 Å². The standard InChI is InChI=1S/C43H69N3O4S/c1-3-30-44-41(47)24-17-15-13-11-9-7-5-6-8-10-12-14-16-18-25-42(48)45-31-28-43(49)50-40-23-19-21-36-35-37(26-27-39(36)40)46(32-4-2)33-29-38-22-20-34-51-38/h19-23,34,37H,3-18,24-33,35H2,1-2H3,(H,44,47)(H,45,48)/t37-/m1/s1. The molecule has 3 rings (SSSR count). The van der Waals surface area contributed by atoms with Gasteiger partial charge in [0.2, 0.25) is 11.8 Å². The summed E-state index contributed by atoms with van der Waals surface area (Å²) in [5, 5.41) is 8.02. The molecule has 2 aromatic rings. The van der Waals surface area contributed by atoms with Crippen molar-refractivity contribution in [3.05, 3.63) is 51.7 Å². The average molecular weight is 724 g/mol. The molecule has 1 aliphatic rings. The van der Waals surface area contributed by atoms with E-state index in [2.05, 4.69) is 53.0 Å². The van der Waals surface area contributed by atoms with Crippen molar-refractivity contribution in [1.29, 1.82) is 0 Å². The van der Waals surface area contributed by atoms with Crippen LogP contribution in [0.25, 0.3) is 0 Å². The lowest BCUT2D eigenvalue weighted by Crippen LogP contribution is -2.41. The molecule has 0 aliphatic heterocycles. The van der Waals surface area contributed by atoms with Crippen molar-refractivity contribution in [3.8, 4) is 5.75 Å². The fourth-order valence-electron chi connectivity index (χ4n) is 7.24. The summed E-state index contributed by atoms with van der Waals surface area (Å²) in [4.78, 5) is 40.7. The number of nitrogens with one attached hydrogen (secondary N) is 2. The maximum absolute atomic E-state index is 12.7. The van der Waals surface area contributed by atoms with Crippen LogP contribution in [0.15, 0.2) is 35.7 Å². The van der Waals surface area contributed by atoms with Gasteiger partial charge in [-0.1, -0.05) is 109 Å². The van der Waals surface area contributed by atoms with Gasteiger partial charge in [-0.3, -0.25) is 19.3 Å². The molecule has 1 heterocycles. The largest absolute Gasteiger partial charge is 0.426 e. The van der Waals surface area contributed by atoms with Gasteiger partial charge in [-0.05, 0) is 86.6 Å². The highest BCUT2D eigenvalue weighted by molar-refractivity contribution is 7.09. The number of amides is 2. The average Bonchev–Trinajstić information content (AvgIpc) is 3.66. The van der Waals surface area contributed by atoms with Crippen LogP contribution in [0.5, 0.6) is 5.75 Å². The molecule has 0 saturated carbocycles. The predicted octanol–water partition coefficient (Wildman–Crippen LogP) is 9.74. The van der Waals surface area contributed by atoms with Gasteiger partial charge in [0.05, 0.1) is 6.42 Å². The second-order valence-electron chi connectivity index (χ2n) is 14.5. The van der Waals surface area contributed by atoms with Gasteiger partial charge in [-0.2, -0.15) is 0 Å². The molecule has 51 heavy (non-hydrogen) atoms. The zero-order valence-electron chi connectivity index (χ0n) is 32.1. The van der Waals surface area contributed by atoms with Gasteiger partial charge in [0.1, 0.15) is 5.75 Å². The second kappa shape index (κ2) is 27.0. The highest BCUT2D eigenvalue weighted by Gasteiger charge is 2.26. The Hall–Kier alpha value is -2.71. The third-order valence-electron chi connectivity index (χ3n) is 10.2. The first-order valence-corrected chi connectivity index (χ1v) is 21.5. The first-order chi connectivity index (χ1) is 25.0. The number of unbranched alkanes of at least 4 members (excludes halogenated alkanes) is 13. The number of carbonyl (C=O) groups is 3. The molecule has 0 radical (unpaired) electrons. The summed E-state index contributed by atoms with van der Waals surface area (Å²) in [5.41, 5.74) is 2.46. The minimum absolute atomic E-state index is 0.0270. The fraction of sp³-hybridized carbons (Fsp3) is 0.698. The highest BCUT2D eigenvalue weighted by atomic mass is 32.1. The first-order valence-electron chi connectivity index (χ1n) is 20.6. The topological polar surface area (TPSA) is 87.7 Å². The summed E-state index contributed by atoms with van der Waals surface area (Å²) in [7, 11) is 0. The molecule has 286 valence electrons. The SMILES string of the molecule is CCCNC(=O)CCCCCCCCCCCCCCCCC(=O)NCCC(=O)Oc1cccc2c1CC[C@@H](N(CCC)CCc1cccs1)C2. The number of nitrogens with zero attached hydrogens (tertiary/aromatic N) is 1. The molecule has 1 aromatic carbocycles. The molecular formula is C43H69N3O4S. The normalized spacial score (nSPS) is 14.0. The van der Waals surface area contributed by atoms with Crippen LogP contribution in [0.1, 0.15) is 158 Å². The molecule has 8 heteroatoms. The van der Waals surface area contributed by atoms with Crippen LogP contribution in [0.3, 0.4) is 0 Å². The minimum atomic E-state index is -0.283. The maximum Gasteiger partial charge on any atom is 0.312 e. The Morgan fingerprint density at radius 2 is 1.33 bits per heavy atom. The molecule has 0 spiro atoms. The van der Waals surface area contributed by atoms with E-state index in [9.17, 15) is 14.4 Å². The number of benzene rings is 1. The number of rotatable bonds is 29. The Balaban J connectivity index is 1.16. The van der Waals surface area contributed by atoms with Gasteiger partial charge in [0.25, 0.3) is 0 Å². The lowest BCUT2D eigenvalue weighted by atomic mass is 9.86. The summed E-state index contributed by atoms with van der Waals surface area (Å²) in [6, 6.07) is 11.0. The molecule has 1 aromatic heterocycles. The molecule has 0 saturated heterocycles. The van der Waals surface area contributed by atoms with E-state index in [-0.39, 0.29) is 24.2 Å². The lowest BCUT2D eigenvalue weighted by molar-refractivity contribution is -0.134. The van der Waals surface area contributed by atoms with Crippen LogP contribution in [0.4, 0.5) is 0 Å². The van der Waals surface area contributed by atoms with Gasteiger partial charge in [0.15, 0.2) is 0 Å². The highest BCUT2D eigenvalue weighted by Crippen LogP contribution is 2.32. The van der Waals surface area contributed by atoms with E-state index in [1.165, 1.54) is 86.6 Å². The summed E-state index contributed by atoms with van der Waals surface area (Å²) in [6.07, 6.45) is 24.7. The molecule has 2 N–H and O–H groups in total. The zero-order chi connectivity index (χ0) is 36.4. The Labute approximate surface area is 314 Å². The molecule has 0 unspecified atom stereocenters. The van der Waals surface area contributed by atoms with Crippen LogP contribution in [-0.2, 0) is 33.6 Å². The van der Waals surface area contributed by atoms with Crippen LogP contribution in [0, 0.1) is 0 Å². The van der Waals surface area contributed by atoms with Crippen molar-refractivity contribution in [2.75, 3.05) is 26.2 Å². The number of ether oxygens (including phenoxy) is 1. The lowest BCUT2D eigenvalue weighted by Gasteiger charge is -2.35. The predicted molar refractivity (Wildman–Crippen MR) is 213 cm³/mol. The van der Waals surface area contributed by atoms with Gasteiger partial charge < -0.3 is 15.4 Å². The van der Waals surface area contributed by atoms with Crippen LogP contribution in [-0.4, -0.2) is 54.9 Å². The van der Waals surface area contributed by atoms with Gasteiger partial charge in [-0.15, -0.1) is 11.3 Å². The van der Waals surface area contributed by atoms with E-state index in [1.54, 1.807) is 0 Å². The molecule has 1 atom stereocenters. The van der Waals surface area contributed by atoms with Crippen molar-refractivity contribution >= 4 is 29.1 Å².